The largest absolute Gasteiger partial charge is 0.464 e. The molecule has 0 aromatic heterocycles. The molecule has 0 rings (SSSR count). The summed E-state index contributed by atoms with van der Waals surface area (Å²) in [6.45, 7) is 16.9. The Balaban J connectivity index is 4.18. The highest BCUT2D eigenvalue weighted by atomic mass is 33.1. The molecule has 0 fully saturated rings. The summed E-state index contributed by atoms with van der Waals surface area (Å²) < 4.78 is 10.7. The SMILES string of the molecule is CCC(C)(C)COC(=O)C(C)SSC(C)C(=O)OCC(C)(C)CC. The zero-order valence-electron chi connectivity index (χ0n) is 16.4. The van der Waals surface area contributed by atoms with Crippen molar-refractivity contribution in [3.8, 4) is 0 Å². The monoisotopic (exact) mass is 378 g/mol. The number of esters is 2. The Morgan fingerprint density at radius 2 is 1.08 bits per heavy atom. The van der Waals surface area contributed by atoms with E-state index in [4.69, 9.17) is 9.47 Å². The minimum absolute atomic E-state index is 0.00360. The normalized spacial score (nSPS) is 14.8. The Labute approximate surface area is 155 Å². The van der Waals surface area contributed by atoms with Crippen LogP contribution in [0.1, 0.15) is 68.2 Å². The van der Waals surface area contributed by atoms with E-state index < -0.39 is 0 Å². The van der Waals surface area contributed by atoms with Crippen molar-refractivity contribution >= 4 is 33.5 Å². The van der Waals surface area contributed by atoms with Gasteiger partial charge in [-0.1, -0.05) is 63.1 Å². The highest BCUT2D eigenvalue weighted by Gasteiger charge is 2.25. The molecule has 0 aromatic rings. The Hall–Kier alpha value is -0.360. The molecule has 6 heteroatoms. The van der Waals surface area contributed by atoms with Crippen molar-refractivity contribution in [2.75, 3.05) is 13.2 Å². The van der Waals surface area contributed by atoms with Gasteiger partial charge in [-0.3, -0.25) is 9.59 Å². The third kappa shape index (κ3) is 9.82. The second-order valence-electron chi connectivity index (χ2n) is 7.73. The van der Waals surface area contributed by atoms with Gasteiger partial charge in [-0.25, -0.2) is 0 Å². The maximum absolute atomic E-state index is 12.0. The van der Waals surface area contributed by atoms with Crippen LogP contribution in [0.15, 0.2) is 0 Å². The number of rotatable bonds is 11. The highest BCUT2D eigenvalue weighted by molar-refractivity contribution is 8.77. The summed E-state index contributed by atoms with van der Waals surface area (Å²) in [7, 11) is 2.72. The summed E-state index contributed by atoms with van der Waals surface area (Å²) in [5, 5.41) is -0.630. The van der Waals surface area contributed by atoms with Gasteiger partial charge in [0.1, 0.15) is 10.5 Å². The van der Waals surface area contributed by atoms with Crippen molar-refractivity contribution in [2.45, 2.75) is 78.7 Å². The topological polar surface area (TPSA) is 52.6 Å². The first-order chi connectivity index (χ1) is 10.9. The molecule has 2 atom stereocenters. The van der Waals surface area contributed by atoms with Crippen molar-refractivity contribution < 1.29 is 19.1 Å². The molecular weight excluding hydrogens is 344 g/mol. The van der Waals surface area contributed by atoms with Gasteiger partial charge in [-0.05, 0) is 37.5 Å². The molecule has 0 amide bonds. The molecule has 0 N–H and O–H groups in total. The van der Waals surface area contributed by atoms with Crippen molar-refractivity contribution in [3.63, 3.8) is 0 Å². The molecule has 0 aliphatic rings. The van der Waals surface area contributed by atoms with Gasteiger partial charge in [0.25, 0.3) is 0 Å². The van der Waals surface area contributed by atoms with Crippen molar-refractivity contribution in [3.05, 3.63) is 0 Å². The predicted octanol–water partition coefficient (Wildman–Crippen LogP) is 5.10. The maximum Gasteiger partial charge on any atom is 0.319 e. The van der Waals surface area contributed by atoms with Crippen LogP contribution in [0.4, 0.5) is 0 Å². The quantitative estimate of drug-likeness (QED) is 0.368. The van der Waals surface area contributed by atoms with E-state index in [2.05, 4.69) is 41.5 Å². The second kappa shape index (κ2) is 10.6. The van der Waals surface area contributed by atoms with Gasteiger partial charge in [-0.2, -0.15) is 0 Å². The molecular formula is C18H34O4S2. The Kier molecular flexibility index (Phi) is 10.4. The van der Waals surface area contributed by atoms with Crippen LogP contribution in [0, 0.1) is 10.8 Å². The number of carbonyl (C=O) groups is 2. The molecule has 0 spiro atoms. The minimum Gasteiger partial charge on any atom is -0.464 e. The maximum atomic E-state index is 12.0. The van der Waals surface area contributed by atoms with E-state index in [0.717, 1.165) is 12.8 Å². The van der Waals surface area contributed by atoms with Crippen LogP contribution in [0.2, 0.25) is 0 Å². The van der Waals surface area contributed by atoms with Gasteiger partial charge in [0.15, 0.2) is 0 Å². The fourth-order valence-corrected chi connectivity index (χ4v) is 3.32. The van der Waals surface area contributed by atoms with Crippen LogP contribution in [0.3, 0.4) is 0 Å². The van der Waals surface area contributed by atoms with Crippen molar-refractivity contribution in [1.29, 1.82) is 0 Å². The third-order valence-corrected chi connectivity index (χ3v) is 7.27. The molecule has 4 nitrogen and oxygen atoms in total. The summed E-state index contributed by atoms with van der Waals surface area (Å²) >= 11 is 0. The van der Waals surface area contributed by atoms with Crippen LogP contribution >= 0.6 is 21.6 Å². The Morgan fingerprint density at radius 3 is 1.33 bits per heavy atom. The van der Waals surface area contributed by atoms with E-state index in [1.165, 1.54) is 21.6 Å². The van der Waals surface area contributed by atoms with E-state index >= 15 is 0 Å². The van der Waals surface area contributed by atoms with Gasteiger partial charge >= 0.3 is 11.9 Å². The molecule has 2 unspecified atom stereocenters. The minimum atomic E-state index is -0.315. The van der Waals surface area contributed by atoms with Crippen molar-refractivity contribution in [2.24, 2.45) is 10.8 Å². The van der Waals surface area contributed by atoms with Gasteiger partial charge < -0.3 is 9.47 Å². The third-order valence-electron chi connectivity index (χ3n) is 4.13. The summed E-state index contributed by atoms with van der Waals surface area (Å²) in [5.41, 5.74) is -0.00721. The average molecular weight is 379 g/mol. The van der Waals surface area contributed by atoms with Gasteiger partial charge in [0.05, 0.1) is 13.2 Å². The summed E-state index contributed by atoms with van der Waals surface area (Å²) in [6, 6.07) is 0. The molecule has 24 heavy (non-hydrogen) atoms. The van der Waals surface area contributed by atoms with Crippen LogP contribution in [0.25, 0.3) is 0 Å². The first kappa shape index (κ1) is 23.6. The highest BCUT2D eigenvalue weighted by Crippen LogP contribution is 2.33. The van der Waals surface area contributed by atoms with Gasteiger partial charge in [0, 0.05) is 0 Å². The Morgan fingerprint density at radius 1 is 0.792 bits per heavy atom. The Bertz CT molecular complexity index is 370. The number of hydrogen-bond donors (Lipinski definition) is 0. The molecule has 0 heterocycles. The van der Waals surface area contributed by atoms with Crippen LogP contribution in [0.5, 0.6) is 0 Å². The standard InChI is InChI=1S/C18H34O4S2/c1-9-17(5,6)11-21-15(19)13(3)23-24-14(4)16(20)22-12-18(7,8)10-2/h13-14H,9-12H2,1-8H3. The number of hydrogen-bond acceptors (Lipinski definition) is 6. The first-order valence-corrected chi connectivity index (χ1v) is 10.9. The predicted molar refractivity (Wildman–Crippen MR) is 104 cm³/mol. The van der Waals surface area contributed by atoms with E-state index in [1.807, 2.05) is 0 Å². The van der Waals surface area contributed by atoms with E-state index in [0.29, 0.717) is 13.2 Å². The molecule has 0 saturated heterocycles. The van der Waals surface area contributed by atoms with Gasteiger partial charge in [-0.15, -0.1) is 0 Å². The summed E-state index contributed by atoms with van der Waals surface area (Å²) in [4.78, 5) is 24.0. The molecule has 142 valence electrons. The first-order valence-electron chi connectivity index (χ1n) is 8.59. The summed E-state index contributed by atoms with van der Waals surface area (Å²) in [6.07, 6.45) is 1.90. The fraction of sp³-hybridized carbons (Fsp3) is 0.889. The van der Waals surface area contributed by atoms with Crippen molar-refractivity contribution in [1.82, 2.24) is 0 Å². The fourth-order valence-electron chi connectivity index (χ4n) is 1.22. The average Bonchev–Trinajstić information content (AvgIpc) is 2.54. The van der Waals surface area contributed by atoms with Crippen LogP contribution < -0.4 is 0 Å². The van der Waals surface area contributed by atoms with E-state index in [1.54, 1.807) is 13.8 Å². The molecule has 0 aliphatic carbocycles. The number of carbonyl (C=O) groups excluding carboxylic acids is 2. The van der Waals surface area contributed by atoms with Crippen LogP contribution in [-0.4, -0.2) is 35.7 Å². The van der Waals surface area contributed by atoms with Gasteiger partial charge in [0.2, 0.25) is 0 Å². The van der Waals surface area contributed by atoms with E-state index in [9.17, 15) is 9.59 Å². The smallest absolute Gasteiger partial charge is 0.319 e. The van der Waals surface area contributed by atoms with E-state index in [-0.39, 0.29) is 33.3 Å². The lowest BCUT2D eigenvalue weighted by Gasteiger charge is -2.24. The van der Waals surface area contributed by atoms with Crippen LogP contribution in [-0.2, 0) is 19.1 Å². The molecule has 0 bridgehead atoms. The lowest BCUT2D eigenvalue weighted by Crippen LogP contribution is -2.26. The lowest BCUT2D eigenvalue weighted by atomic mass is 9.92. The second-order valence-corrected chi connectivity index (χ2v) is 10.7. The molecule has 0 aliphatic heterocycles. The lowest BCUT2D eigenvalue weighted by molar-refractivity contribution is -0.146. The zero-order valence-corrected chi connectivity index (χ0v) is 18.1. The molecule has 0 aromatic carbocycles. The summed E-state index contributed by atoms with van der Waals surface area (Å²) in [5.74, 6) is -0.469. The molecule has 0 saturated carbocycles. The zero-order chi connectivity index (χ0) is 19.0. The number of ether oxygens (including phenoxy) is 2. The molecule has 0 radical (unpaired) electrons.